The molecule has 0 saturated heterocycles. The first-order chi connectivity index (χ1) is 8.17. The van der Waals surface area contributed by atoms with Crippen LogP contribution in [-0.4, -0.2) is 43.1 Å². The van der Waals surface area contributed by atoms with E-state index in [9.17, 15) is 0 Å². The van der Waals surface area contributed by atoms with E-state index in [0.29, 0.717) is 18.7 Å². The van der Waals surface area contributed by atoms with E-state index in [2.05, 4.69) is 10.1 Å². The highest BCUT2D eigenvalue weighted by Crippen LogP contribution is 2.13. The first-order valence-corrected chi connectivity index (χ1v) is 5.76. The zero-order valence-corrected chi connectivity index (χ0v) is 10.7. The number of nitrogens with zero attached hydrogens (tertiary/aromatic N) is 2. The molecule has 0 heterocycles. The van der Waals surface area contributed by atoms with Crippen molar-refractivity contribution in [3.05, 3.63) is 29.8 Å². The standard InChI is InChI=1S/C13H20N2O2/c1-4-13(14-16)11-5-7-12(8-6-11)17-10-9-15(2)3/h5-8,16H,4,9-10H2,1-3H3/b14-13+. The number of hydrogen-bond donors (Lipinski definition) is 1. The summed E-state index contributed by atoms with van der Waals surface area (Å²) in [4.78, 5) is 2.07. The molecule has 0 amide bonds. The highest BCUT2D eigenvalue weighted by molar-refractivity contribution is 6.00. The molecule has 0 bridgehead atoms. The van der Waals surface area contributed by atoms with Crippen LogP contribution in [0.5, 0.6) is 5.75 Å². The van der Waals surface area contributed by atoms with Gasteiger partial charge in [0, 0.05) is 6.54 Å². The predicted molar refractivity (Wildman–Crippen MR) is 69.1 cm³/mol. The summed E-state index contributed by atoms with van der Waals surface area (Å²) in [5.41, 5.74) is 1.61. The lowest BCUT2D eigenvalue weighted by atomic mass is 10.1. The van der Waals surface area contributed by atoms with E-state index < -0.39 is 0 Å². The lowest BCUT2D eigenvalue weighted by Crippen LogP contribution is -2.19. The summed E-state index contributed by atoms with van der Waals surface area (Å²) in [6, 6.07) is 7.60. The number of rotatable bonds is 6. The number of benzene rings is 1. The summed E-state index contributed by atoms with van der Waals surface area (Å²) in [6.45, 7) is 3.51. The Morgan fingerprint density at radius 2 is 1.94 bits per heavy atom. The fraction of sp³-hybridized carbons (Fsp3) is 0.462. The zero-order valence-electron chi connectivity index (χ0n) is 10.7. The van der Waals surface area contributed by atoms with Crippen molar-refractivity contribution in [2.45, 2.75) is 13.3 Å². The Kier molecular flexibility index (Phi) is 5.49. The Morgan fingerprint density at radius 3 is 2.41 bits per heavy atom. The van der Waals surface area contributed by atoms with Crippen molar-refractivity contribution in [1.29, 1.82) is 0 Å². The molecular formula is C13H20N2O2. The van der Waals surface area contributed by atoms with Gasteiger partial charge in [-0.1, -0.05) is 12.1 Å². The molecule has 17 heavy (non-hydrogen) atoms. The van der Waals surface area contributed by atoms with E-state index in [1.807, 2.05) is 45.3 Å². The average molecular weight is 236 g/mol. The van der Waals surface area contributed by atoms with Gasteiger partial charge in [0.05, 0.1) is 5.71 Å². The summed E-state index contributed by atoms with van der Waals surface area (Å²) >= 11 is 0. The molecule has 94 valence electrons. The maximum atomic E-state index is 8.80. The molecule has 1 aromatic carbocycles. The SMILES string of the molecule is CC/C(=N\O)c1ccc(OCCN(C)C)cc1. The Hall–Kier alpha value is -1.55. The Labute approximate surface area is 103 Å². The number of ether oxygens (including phenoxy) is 1. The second-order valence-electron chi connectivity index (χ2n) is 4.08. The number of hydrogen-bond acceptors (Lipinski definition) is 4. The summed E-state index contributed by atoms with van der Waals surface area (Å²) in [7, 11) is 4.02. The molecule has 0 aliphatic carbocycles. The Balaban J connectivity index is 2.56. The van der Waals surface area contributed by atoms with Gasteiger partial charge in [0.15, 0.2) is 0 Å². The zero-order chi connectivity index (χ0) is 12.7. The average Bonchev–Trinajstić information content (AvgIpc) is 2.32. The third-order valence-corrected chi connectivity index (χ3v) is 2.45. The molecule has 0 spiro atoms. The van der Waals surface area contributed by atoms with Gasteiger partial charge in [-0.05, 0) is 50.3 Å². The molecule has 0 saturated carbocycles. The van der Waals surface area contributed by atoms with Gasteiger partial charge in [0.2, 0.25) is 0 Å². The minimum Gasteiger partial charge on any atom is -0.492 e. The molecule has 4 nitrogen and oxygen atoms in total. The van der Waals surface area contributed by atoms with Crippen molar-refractivity contribution in [2.24, 2.45) is 5.16 Å². The van der Waals surface area contributed by atoms with Crippen molar-refractivity contribution in [2.75, 3.05) is 27.2 Å². The number of oxime groups is 1. The van der Waals surface area contributed by atoms with E-state index in [-0.39, 0.29) is 0 Å². The number of likely N-dealkylation sites (N-methyl/N-ethyl adjacent to an activating group) is 1. The lowest BCUT2D eigenvalue weighted by Gasteiger charge is -2.11. The van der Waals surface area contributed by atoms with Gasteiger partial charge < -0.3 is 14.8 Å². The Bertz CT molecular complexity index is 358. The molecule has 1 N–H and O–H groups in total. The van der Waals surface area contributed by atoms with Crippen molar-refractivity contribution in [3.8, 4) is 5.75 Å². The van der Waals surface area contributed by atoms with E-state index in [4.69, 9.17) is 9.94 Å². The van der Waals surface area contributed by atoms with E-state index in [0.717, 1.165) is 17.9 Å². The molecule has 1 rings (SSSR count). The third-order valence-electron chi connectivity index (χ3n) is 2.45. The fourth-order valence-corrected chi connectivity index (χ4v) is 1.42. The van der Waals surface area contributed by atoms with E-state index in [1.165, 1.54) is 0 Å². The van der Waals surface area contributed by atoms with Crippen molar-refractivity contribution < 1.29 is 9.94 Å². The molecule has 0 radical (unpaired) electrons. The van der Waals surface area contributed by atoms with Gasteiger partial charge in [-0.3, -0.25) is 0 Å². The molecule has 0 atom stereocenters. The minimum absolute atomic E-state index is 0.668. The van der Waals surface area contributed by atoms with Crippen LogP contribution in [0.15, 0.2) is 29.4 Å². The second-order valence-corrected chi connectivity index (χ2v) is 4.08. The monoisotopic (exact) mass is 236 g/mol. The van der Waals surface area contributed by atoms with Crippen LogP contribution in [0.25, 0.3) is 0 Å². The maximum Gasteiger partial charge on any atom is 0.119 e. The van der Waals surface area contributed by atoms with Crippen LogP contribution in [0.1, 0.15) is 18.9 Å². The minimum atomic E-state index is 0.668. The summed E-state index contributed by atoms with van der Waals surface area (Å²) in [5.74, 6) is 0.837. The summed E-state index contributed by atoms with van der Waals surface area (Å²) < 4.78 is 5.57. The van der Waals surface area contributed by atoms with Gasteiger partial charge in [-0.2, -0.15) is 0 Å². The van der Waals surface area contributed by atoms with Crippen LogP contribution in [0, 0.1) is 0 Å². The van der Waals surface area contributed by atoms with Gasteiger partial charge in [0.25, 0.3) is 0 Å². The van der Waals surface area contributed by atoms with Gasteiger partial charge in [-0.15, -0.1) is 0 Å². The van der Waals surface area contributed by atoms with Gasteiger partial charge >= 0.3 is 0 Å². The molecule has 4 heteroatoms. The lowest BCUT2D eigenvalue weighted by molar-refractivity contribution is 0.261. The van der Waals surface area contributed by atoms with Gasteiger partial charge in [-0.25, -0.2) is 0 Å². The maximum absolute atomic E-state index is 8.80. The molecule has 1 aromatic rings. The normalized spacial score (nSPS) is 11.9. The summed E-state index contributed by atoms with van der Waals surface area (Å²) in [5, 5.41) is 12.1. The van der Waals surface area contributed by atoms with Crippen LogP contribution in [0.3, 0.4) is 0 Å². The molecule has 0 aliphatic rings. The van der Waals surface area contributed by atoms with Crippen LogP contribution in [0.4, 0.5) is 0 Å². The largest absolute Gasteiger partial charge is 0.492 e. The highest BCUT2D eigenvalue weighted by Gasteiger charge is 2.02. The van der Waals surface area contributed by atoms with Crippen LogP contribution in [0.2, 0.25) is 0 Å². The molecular weight excluding hydrogens is 216 g/mol. The third kappa shape index (κ3) is 4.44. The van der Waals surface area contributed by atoms with E-state index in [1.54, 1.807) is 0 Å². The topological polar surface area (TPSA) is 45.1 Å². The smallest absolute Gasteiger partial charge is 0.119 e. The van der Waals surface area contributed by atoms with Gasteiger partial charge in [0.1, 0.15) is 12.4 Å². The highest BCUT2D eigenvalue weighted by atomic mass is 16.5. The molecule has 0 aliphatic heterocycles. The van der Waals surface area contributed by atoms with Crippen LogP contribution < -0.4 is 4.74 Å². The summed E-state index contributed by atoms with van der Waals surface area (Å²) in [6.07, 6.45) is 0.706. The first kappa shape index (κ1) is 13.5. The second kappa shape index (κ2) is 6.91. The predicted octanol–water partition coefficient (Wildman–Crippen LogP) is 2.22. The first-order valence-electron chi connectivity index (χ1n) is 5.76. The fourth-order valence-electron chi connectivity index (χ4n) is 1.42. The molecule has 0 fully saturated rings. The van der Waals surface area contributed by atoms with Crippen molar-refractivity contribution in [1.82, 2.24) is 4.90 Å². The molecule has 0 unspecified atom stereocenters. The van der Waals surface area contributed by atoms with Crippen molar-refractivity contribution >= 4 is 5.71 Å². The Morgan fingerprint density at radius 1 is 1.29 bits per heavy atom. The van der Waals surface area contributed by atoms with Crippen LogP contribution in [-0.2, 0) is 0 Å². The molecule has 0 aromatic heterocycles. The van der Waals surface area contributed by atoms with Crippen LogP contribution >= 0.6 is 0 Å². The van der Waals surface area contributed by atoms with Crippen molar-refractivity contribution in [3.63, 3.8) is 0 Å². The quantitative estimate of drug-likeness (QED) is 0.468. The van der Waals surface area contributed by atoms with E-state index >= 15 is 0 Å².